The van der Waals surface area contributed by atoms with Gasteiger partial charge in [0.05, 0.1) is 16.8 Å². The third-order valence-electron chi connectivity index (χ3n) is 16.7. The lowest BCUT2D eigenvalue weighted by Gasteiger charge is -2.48. The molecule has 0 bridgehead atoms. The molecule has 4 heteroatoms. The number of hydrogen-bond acceptors (Lipinski definition) is 3. The molecule has 0 saturated carbocycles. The molecule has 7 aromatic carbocycles. The average Bonchev–Trinajstić information content (AvgIpc) is 3.68. The van der Waals surface area contributed by atoms with Gasteiger partial charge < -0.3 is 14.2 Å². The summed E-state index contributed by atoms with van der Waals surface area (Å²) in [7, 11) is 0. The van der Waals surface area contributed by atoms with Crippen molar-refractivity contribution in [3.8, 4) is 11.1 Å². The molecule has 0 N–H and O–H groups in total. The van der Waals surface area contributed by atoms with Crippen LogP contribution in [0.5, 0.6) is 0 Å². The predicted octanol–water partition coefficient (Wildman–Crippen LogP) is 15.3. The van der Waals surface area contributed by atoms with Crippen LogP contribution in [0.2, 0.25) is 0 Å². The van der Waals surface area contributed by atoms with E-state index in [4.69, 9.17) is 4.42 Å². The molecule has 2 aliphatic carbocycles. The molecule has 12 rings (SSSR count). The molecule has 0 radical (unpaired) electrons. The zero-order chi connectivity index (χ0) is 45.9. The fourth-order valence-electron chi connectivity index (χ4n) is 12.6. The quantitative estimate of drug-likeness (QED) is 0.165. The van der Waals surface area contributed by atoms with Crippen LogP contribution < -0.4 is 26.2 Å². The highest BCUT2D eigenvalue weighted by Crippen LogP contribution is 2.54. The number of rotatable bonds is 3. The van der Waals surface area contributed by atoms with E-state index in [1.807, 2.05) is 0 Å². The first-order chi connectivity index (χ1) is 31.3. The van der Waals surface area contributed by atoms with Crippen LogP contribution in [-0.2, 0) is 27.1 Å². The normalized spacial score (nSPS) is 18.4. The van der Waals surface area contributed by atoms with Crippen LogP contribution in [-0.4, -0.2) is 6.71 Å². The first-order valence-corrected chi connectivity index (χ1v) is 24.6. The lowest BCUT2D eigenvalue weighted by molar-refractivity contribution is 0.332. The molecule has 66 heavy (non-hydrogen) atoms. The zero-order valence-corrected chi connectivity index (χ0v) is 40.9. The number of benzene rings is 7. The maximum atomic E-state index is 6.80. The van der Waals surface area contributed by atoms with Crippen molar-refractivity contribution in [3.63, 3.8) is 0 Å². The highest BCUT2D eigenvalue weighted by molar-refractivity contribution is 7.00. The van der Waals surface area contributed by atoms with Crippen molar-refractivity contribution in [1.29, 1.82) is 0 Å². The van der Waals surface area contributed by atoms with Gasteiger partial charge in [-0.3, -0.25) is 0 Å². The van der Waals surface area contributed by atoms with Crippen LogP contribution in [0.25, 0.3) is 33.1 Å². The molecule has 330 valence electrons. The molecule has 0 amide bonds. The van der Waals surface area contributed by atoms with E-state index in [9.17, 15) is 0 Å². The molecule has 3 nitrogen and oxygen atoms in total. The third-order valence-corrected chi connectivity index (χ3v) is 16.7. The summed E-state index contributed by atoms with van der Waals surface area (Å²) < 4.78 is 6.80. The number of anilines is 6. The van der Waals surface area contributed by atoms with Gasteiger partial charge in [0, 0.05) is 33.7 Å². The Kier molecular flexibility index (Phi) is 8.65. The van der Waals surface area contributed by atoms with Gasteiger partial charge in [0.15, 0.2) is 0 Å². The van der Waals surface area contributed by atoms with Crippen molar-refractivity contribution in [2.45, 2.75) is 129 Å². The predicted molar refractivity (Wildman–Crippen MR) is 282 cm³/mol. The monoisotopic (exact) mass is 863 g/mol. The van der Waals surface area contributed by atoms with E-state index < -0.39 is 0 Å². The van der Waals surface area contributed by atoms with Crippen molar-refractivity contribution in [3.05, 3.63) is 161 Å². The van der Waals surface area contributed by atoms with Gasteiger partial charge >= 0.3 is 0 Å². The third kappa shape index (κ3) is 5.95. The number of nitrogens with zero attached hydrogens (tertiary/aromatic N) is 2. The Morgan fingerprint density at radius 3 is 1.77 bits per heavy atom. The molecule has 0 unspecified atom stereocenters. The van der Waals surface area contributed by atoms with Crippen LogP contribution in [0.4, 0.5) is 34.1 Å². The molecular formula is C62H63BN2O. The van der Waals surface area contributed by atoms with Gasteiger partial charge in [0.25, 0.3) is 6.71 Å². The van der Waals surface area contributed by atoms with E-state index >= 15 is 0 Å². The minimum atomic E-state index is -0.143. The summed E-state index contributed by atoms with van der Waals surface area (Å²) in [4.78, 5) is 5.34. The van der Waals surface area contributed by atoms with Crippen molar-refractivity contribution >= 4 is 79.2 Å². The molecule has 3 heterocycles. The van der Waals surface area contributed by atoms with Crippen molar-refractivity contribution in [2.75, 3.05) is 9.80 Å². The Balaban J connectivity index is 1.26. The minimum absolute atomic E-state index is 0.0254. The molecule has 0 spiro atoms. The first-order valence-electron chi connectivity index (χ1n) is 24.6. The Labute approximate surface area is 392 Å². The standard InChI is InChI=1S/C62H63BN2O/c1-58(2,3)39-33-51-56-52(34-39)65(49-23-17-15-21-41(49)38-19-13-12-14-20-38)57-47(27-28-54-55(57)42-22-16-18-24-53(42)66-54)63(56)48-36-45-46(62(10,11)32-31-61(45,8)9)37-50(48)64(51)40-25-26-43-44(35-40)60(6,7)30-29-59(43,4)5/h12-28,33-37H,29-32H2,1-11H3. The van der Waals surface area contributed by atoms with Crippen LogP contribution in [0.3, 0.4) is 0 Å². The maximum Gasteiger partial charge on any atom is 0.252 e. The highest BCUT2D eigenvalue weighted by atomic mass is 16.3. The summed E-state index contributed by atoms with van der Waals surface area (Å²) in [6, 6.07) is 51.3. The van der Waals surface area contributed by atoms with Crippen LogP contribution in [0.1, 0.15) is 130 Å². The molecule has 0 saturated heterocycles. The second kappa shape index (κ2) is 13.8. The number of fused-ring (bicyclic) bond motifs is 10. The molecule has 8 aromatic rings. The van der Waals surface area contributed by atoms with Crippen molar-refractivity contribution in [1.82, 2.24) is 0 Å². The Bertz CT molecular complexity index is 3320. The fourth-order valence-corrected chi connectivity index (χ4v) is 12.6. The average molecular weight is 863 g/mol. The molecule has 2 aliphatic heterocycles. The molecule has 0 atom stereocenters. The van der Waals surface area contributed by atoms with Gasteiger partial charge in [-0.05, 0) is 151 Å². The number of furan rings is 1. The largest absolute Gasteiger partial charge is 0.456 e. The van der Waals surface area contributed by atoms with Crippen LogP contribution in [0.15, 0.2) is 138 Å². The molecular weight excluding hydrogens is 800 g/mol. The van der Waals surface area contributed by atoms with E-state index in [-0.39, 0.29) is 33.8 Å². The minimum Gasteiger partial charge on any atom is -0.456 e. The van der Waals surface area contributed by atoms with Gasteiger partial charge in [-0.25, -0.2) is 0 Å². The van der Waals surface area contributed by atoms with Gasteiger partial charge in [-0.2, -0.15) is 0 Å². The van der Waals surface area contributed by atoms with Crippen molar-refractivity contribution < 1.29 is 4.42 Å². The van der Waals surface area contributed by atoms with E-state index in [2.05, 4.69) is 219 Å². The molecule has 4 aliphatic rings. The maximum absolute atomic E-state index is 6.80. The second-order valence-electron chi connectivity index (χ2n) is 23.9. The van der Waals surface area contributed by atoms with E-state index in [0.29, 0.717) is 0 Å². The first kappa shape index (κ1) is 41.4. The van der Waals surface area contributed by atoms with Crippen LogP contribution >= 0.6 is 0 Å². The Morgan fingerprint density at radius 2 is 1.08 bits per heavy atom. The Morgan fingerprint density at radius 1 is 0.485 bits per heavy atom. The number of para-hydroxylation sites is 2. The van der Waals surface area contributed by atoms with E-state index in [1.54, 1.807) is 0 Å². The lowest BCUT2D eigenvalue weighted by Crippen LogP contribution is -2.62. The fraction of sp³-hybridized carbons (Fsp3) is 0.323. The summed E-state index contributed by atoms with van der Waals surface area (Å²) in [6.07, 6.45) is 4.69. The smallest absolute Gasteiger partial charge is 0.252 e. The molecule has 0 fully saturated rings. The van der Waals surface area contributed by atoms with E-state index in [0.717, 1.165) is 35.1 Å². The summed E-state index contributed by atoms with van der Waals surface area (Å²) in [5, 5.41) is 2.31. The number of hydrogen-bond donors (Lipinski definition) is 0. The lowest BCUT2D eigenvalue weighted by atomic mass is 9.33. The highest BCUT2D eigenvalue weighted by Gasteiger charge is 2.48. The topological polar surface area (TPSA) is 19.6 Å². The van der Waals surface area contributed by atoms with Gasteiger partial charge in [0.2, 0.25) is 0 Å². The SMILES string of the molecule is CC(C)(C)c1cc2c3c(c1)N(c1ccccc1-c1ccccc1)c1c(ccc4oc5ccccc5c14)B3c1cc3c(cc1N2c1ccc2c(c1)C(C)(C)CCC2(C)C)C(C)(C)CCC3(C)C. The summed E-state index contributed by atoms with van der Waals surface area (Å²) in [5.74, 6) is 0. The van der Waals surface area contributed by atoms with Gasteiger partial charge in [0.1, 0.15) is 11.2 Å². The summed E-state index contributed by atoms with van der Waals surface area (Å²) in [5.41, 5.74) is 23.1. The Hall–Kier alpha value is -6.00. The van der Waals surface area contributed by atoms with Crippen LogP contribution in [0, 0.1) is 0 Å². The van der Waals surface area contributed by atoms with Crippen molar-refractivity contribution in [2.24, 2.45) is 0 Å². The van der Waals surface area contributed by atoms with Gasteiger partial charge in [-0.1, -0.05) is 161 Å². The second-order valence-corrected chi connectivity index (χ2v) is 23.9. The van der Waals surface area contributed by atoms with Gasteiger partial charge in [-0.15, -0.1) is 0 Å². The zero-order valence-electron chi connectivity index (χ0n) is 40.9. The summed E-state index contributed by atoms with van der Waals surface area (Å²) >= 11 is 0. The van der Waals surface area contributed by atoms with E-state index in [1.165, 1.54) is 102 Å². The molecule has 1 aromatic heterocycles. The summed E-state index contributed by atoms with van der Waals surface area (Å²) in [6.45, 7) is 26.9.